The number of piperazine rings is 1. The zero-order valence-electron chi connectivity index (χ0n) is 24.2. The second-order valence-electron chi connectivity index (χ2n) is 10.8. The Morgan fingerprint density at radius 2 is 1.70 bits per heavy atom. The average Bonchev–Trinajstić information content (AvgIpc) is 2.98. The number of carbonyl (C=O) groups is 1. The summed E-state index contributed by atoms with van der Waals surface area (Å²) < 4.78 is 66.4. The summed E-state index contributed by atoms with van der Waals surface area (Å²) in [6, 6.07) is 15.1. The van der Waals surface area contributed by atoms with Gasteiger partial charge in [0.25, 0.3) is 10.0 Å². The van der Waals surface area contributed by atoms with Gasteiger partial charge in [0, 0.05) is 42.8 Å². The second kappa shape index (κ2) is 14.0. The Kier molecular flexibility index (Phi) is 10.6. The van der Waals surface area contributed by atoms with Gasteiger partial charge in [-0.15, -0.1) is 0 Å². The van der Waals surface area contributed by atoms with E-state index in [9.17, 15) is 26.4 Å². The number of unbranched alkanes of at least 4 members (excludes halogenated alkanes) is 1. The van der Waals surface area contributed by atoms with Crippen molar-refractivity contribution in [3.8, 4) is 0 Å². The topological polar surface area (TPSA) is 82.6 Å². The number of alkyl halides is 3. The quantitative estimate of drug-likeness (QED) is 0.250. The fraction of sp³-hybridized carbons (Fsp3) is 0.419. The molecule has 0 spiro atoms. The highest BCUT2D eigenvalue weighted by atomic mass is 35.5. The van der Waals surface area contributed by atoms with Crippen molar-refractivity contribution in [3.63, 3.8) is 0 Å². The number of nitrogens with zero attached hydrogens (tertiary/aromatic N) is 3. The van der Waals surface area contributed by atoms with Crippen LogP contribution in [0.15, 0.2) is 65.6 Å². The highest BCUT2D eigenvalue weighted by Gasteiger charge is 2.33. The number of benzene rings is 2. The fourth-order valence-electron chi connectivity index (χ4n) is 5.11. The Hall–Kier alpha value is -3.31. The molecule has 0 unspecified atom stereocenters. The number of aromatic nitrogens is 1. The number of rotatable bonds is 11. The van der Waals surface area contributed by atoms with Crippen molar-refractivity contribution in [2.45, 2.75) is 57.0 Å². The lowest BCUT2D eigenvalue weighted by Crippen LogP contribution is -2.50. The van der Waals surface area contributed by atoms with Crippen molar-refractivity contribution in [2.24, 2.45) is 5.92 Å². The zero-order chi connectivity index (χ0) is 31.2. The lowest BCUT2D eigenvalue weighted by atomic mass is 9.94. The van der Waals surface area contributed by atoms with E-state index in [-0.39, 0.29) is 16.7 Å². The van der Waals surface area contributed by atoms with E-state index in [0.29, 0.717) is 26.2 Å². The van der Waals surface area contributed by atoms with Gasteiger partial charge in [0.1, 0.15) is 11.5 Å². The summed E-state index contributed by atoms with van der Waals surface area (Å²) in [6.45, 7) is 6.42. The predicted octanol–water partition coefficient (Wildman–Crippen LogP) is 6.81. The van der Waals surface area contributed by atoms with E-state index >= 15 is 0 Å². The van der Waals surface area contributed by atoms with Gasteiger partial charge < -0.3 is 9.80 Å². The monoisotopic (exact) mass is 636 g/mol. The molecule has 1 amide bonds. The first-order chi connectivity index (χ1) is 20.4. The lowest BCUT2D eigenvalue weighted by Gasteiger charge is -2.37. The summed E-state index contributed by atoms with van der Waals surface area (Å²) in [5.74, 6) is -0.414. The summed E-state index contributed by atoms with van der Waals surface area (Å²) in [7, 11) is -4.15. The molecule has 2 aromatic carbocycles. The van der Waals surface area contributed by atoms with Gasteiger partial charge in [-0.3, -0.25) is 9.52 Å². The van der Waals surface area contributed by atoms with Gasteiger partial charge in [0.15, 0.2) is 0 Å². The predicted molar refractivity (Wildman–Crippen MR) is 163 cm³/mol. The number of aryl methyl sites for hydroxylation is 2. The van der Waals surface area contributed by atoms with Gasteiger partial charge in [-0.2, -0.15) is 13.2 Å². The van der Waals surface area contributed by atoms with E-state index in [2.05, 4.69) is 27.6 Å². The Morgan fingerprint density at radius 1 is 1.00 bits per heavy atom. The molecule has 1 aromatic heterocycles. The van der Waals surface area contributed by atoms with Gasteiger partial charge >= 0.3 is 6.18 Å². The number of amides is 1. The SMILES string of the molecule is CCCCc1cc(Cl)ccc1CC[C@H](C)C(=O)N1CCN(c2ccc(S(=O)(=O)Nc3cccc(C(F)(F)F)n3)cc2)CC1. The smallest absolute Gasteiger partial charge is 0.368 e. The number of nitrogens with one attached hydrogen (secondary N) is 1. The van der Waals surface area contributed by atoms with E-state index in [1.165, 1.54) is 23.3 Å². The number of anilines is 2. The van der Waals surface area contributed by atoms with Gasteiger partial charge in [-0.25, -0.2) is 13.4 Å². The van der Waals surface area contributed by atoms with Gasteiger partial charge in [-0.05, 0) is 85.3 Å². The molecule has 1 saturated heterocycles. The van der Waals surface area contributed by atoms with Crippen LogP contribution in [0.1, 0.15) is 49.9 Å². The third-order valence-electron chi connectivity index (χ3n) is 7.62. The third-order valence-corrected chi connectivity index (χ3v) is 9.22. The van der Waals surface area contributed by atoms with Crippen LogP contribution in [0.25, 0.3) is 0 Å². The molecule has 1 aliphatic rings. The number of sulfonamides is 1. The standard InChI is InChI=1S/C31H36ClF3N4O3S/c1-3-4-6-24-21-25(32)12-11-23(24)10-9-22(2)30(40)39-19-17-38(18-20-39)26-13-15-27(16-14-26)43(41,42)37-29-8-5-7-28(36-29)31(33,34)35/h5,7-8,11-16,21-22H,3-4,6,9-10,17-20H2,1-2H3,(H,36,37)/t22-/m0/s1. The molecule has 1 fully saturated rings. The molecule has 1 N–H and O–H groups in total. The molecule has 1 aliphatic heterocycles. The summed E-state index contributed by atoms with van der Waals surface area (Å²) >= 11 is 6.21. The molecule has 0 aliphatic carbocycles. The van der Waals surface area contributed by atoms with Crippen LogP contribution in [-0.4, -0.2) is 50.4 Å². The van der Waals surface area contributed by atoms with Crippen LogP contribution in [0.3, 0.4) is 0 Å². The zero-order valence-corrected chi connectivity index (χ0v) is 25.8. The van der Waals surface area contributed by atoms with E-state index in [1.54, 1.807) is 12.1 Å². The number of pyridine rings is 1. The lowest BCUT2D eigenvalue weighted by molar-refractivity contribution is -0.141. The molecular weight excluding hydrogens is 601 g/mol. The van der Waals surface area contributed by atoms with Crippen LogP contribution in [0.4, 0.5) is 24.7 Å². The van der Waals surface area contributed by atoms with Crippen LogP contribution in [0.5, 0.6) is 0 Å². The molecule has 12 heteroatoms. The first-order valence-electron chi connectivity index (χ1n) is 14.4. The molecule has 0 radical (unpaired) electrons. The molecular formula is C31H36ClF3N4O3S. The maximum atomic E-state index is 13.2. The van der Waals surface area contributed by atoms with Crippen LogP contribution < -0.4 is 9.62 Å². The fourth-order valence-corrected chi connectivity index (χ4v) is 6.31. The largest absolute Gasteiger partial charge is 0.433 e. The van der Waals surface area contributed by atoms with E-state index in [1.807, 2.05) is 24.0 Å². The second-order valence-corrected chi connectivity index (χ2v) is 12.9. The highest BCUT2D eigenvalue weighted by molar-refractivity contribution is 7.92. The van der Waals surface area contributed by atoms with E-state index < -0.39 is 27.7 Å². The molecule has 3 aromatic rings. The van der Waals surface area contributed by atoms with Crippen LogP contribution in [0.2, 0.25) is 5.02 Å². The van der Waals surface area contributed by atoms with Crippen LogP contribution in [0, 0.1) is 5.92 Å². The maximum Gasteiger partial charge on any atom is 0.433 e. The summed E-state index contributed by atoms with van der Waals surface area (Å²) in [5.41, 5.74) is 2.10. The highest BCUT2D eigenvalue weighted by Crippen LogP contribution is 2.29. The first-order valence-corrected chi connectivity index (χ1v) is 16.2. The van der Waals surface area contributed by atoms with Crippen molar-refractivity contribution < 1.29 is 26.4 Å². The van der Waals surface area contributed by atoms with Crippen molar-refractivity contribution in [2.75, 3.05) is 35.8 Å². The molecule has 0 saturated carbocycles. The van der Waals surface area contributed by atoms with Crippen molar-refractivity contribution in [1.29, 1.82) is 0 Å². The molecule has 1 atom stereocenters. The van der Waals surface area contributed by atoms with Crippen molar-refractivity contribution in [1.82, 2.24) is 9.88 Å². The number of halogens is 4. The van der Waals surface area contributed by atoms with Crippen molar-refractivity contribution in [3.05, 3.63) is 82.5 Å². The maximum absolute atomic E-state index is 13.2. The number of carbonyl (C=O) groups excluding carboxylic acids is 1. The Balaban J connectivity index is 1.30. The first kappa shape index (κ1) is 32.6. The normalized spacial score (nSPS) is 14.9. The summed E-state index contributed by atoms with van der Waals surface area (Å²) in [6.07, 6.45) is 0.0578. The van der Waals surface area contributed by atoms with Gasteiger partial charge in [0.2, 0.25) is 5.91 Å². The Morgan fingerprint density at radius 3 is 2.35 bits per heavy atom. The van der Waals surface area contributed by atoms with E-state index in [0.717, 1.165) is 61.0 Å². The van der Waals surface area contributed by atoms with Crippen LogP contribution >= 0.6 is 11.6 Å². The number of hydrogen-bond acceptors (Lipinski definition) is 5. The molecule has 232 valence electrons. The average molecular weight is 637 g/mol. The van der Waals surface area contributed by atoms with Gasteiger partial charge in [-0.1, -0.05) is 44.0 Å². The molecule has 4 rings (SSSR count). The summed E-state index contributed by atoms with van der Waals surface area (Å²) in [5, 5.41) is 0.734. The molecule has 2 heterocycles. The third kappa shape index (κ3) is 8.63. The minimum absolute atomic E-state index is 0.100. The van der Waals surface area contributed by atoms with Gasteiger partial charge in [0.05, 0.1) is 4.90 Å². The molecule has 7 nitrogen and oxygen atoms in total. The van der Waals surface area contributed by atoms with Crippen molar-refractivity contribution >= 4 is 39.0 Å². The molecule has 43 heavy (non-hydrogen) atoms. The Labute approximate surface area is 256 Å². The summed E-state index contributed by atoms with van der Waals surface area (Å²) in [4.78, 5) is 20.4. The van der Waals surface area contributed by atoms with Crippen LogP contribution in [-0.2, 0) is 33.8 Å². The van der Waals surface area contributed by atoms with E-state index in [4.69, 9.17) is 11.6 Å². The minimum Gasteiger partial charge on any atom is -0.368 e. The molecule has 0 bridgehead atoms. The minimum atomic E-state index is -4.69. The Bertz CT molecular complexity index is 1510. The number of hydrogen-bond donors (Lipinski definition) is 1.